The standard InChI is InChI=1S/C23H23N3O2S/c1-4-18(22(27)24-13-16-11-9-14(2)10-12-16)26-23(28)20-17-7-5-6-8-19(17)29-21(20)15(3)25-26/h5-12,18H,4,13H2,1-3H3,(H,24,27)/t18-/m1/s1. The number of carbonyl (C=O) groups excluding carboxylic acids is 1. The van der Waals surface area contributed by atoms with E-state index in [1.54, 1.807) is 11.3 Å². The van der Waals surface area contributed by atoms with Crippen LogP contribution in [0.5, 0.6) is 0 Å². The predicted octanol–water partition coefficient (Wildman–Crippen LogP) is 4.50. The van der Waals surface area contributed by atoms with Crippen LogP contribution in [0.2, 0.25) is 0 Å². The Kier molecular flexibility index (Phi) is 5.20. The van der Waals surface area contributed by atoms with Crippen LogP contribution in [0.15, 0.2) is 53.3 Å². The minimum absolute atomic E-state index is 0.194. The number of nitrogens with zero attached hydrogens (tertiary/aromatic N) is 2. The fourth-order valence-corrected chi connectivity index (χ4v) is 4.71. The van der Waals surface area contributed by atoms with Gasteiger partial charge in [-0.15, -0.1) is 11.3 Å². The Labute approximate surface area is 173 Å². The van der Waals surface area contributed by atoms with Crippen LogP contribution in [0.1, 0.15) is 36.2 Å². The minimum Gasteiger partial charge on any atom is -0.350 e. The molecule has 1 atom stereocenters. The highest BCUT2D eigenvalue weighted by Gasteiger charge is 2.24. The van der Waals surface area contributed by atoms with Gasteiger partial charge in [0.1, 0.15) is 6.04 Å². The number of rotatable bonds is 5. The molecule has 0 aliphatic heterocycles. The molecule has 0 bridgehead atoms. The summed E-state index contributed by atoms with van der Waals surface area (Å²) in [7, 11) is 0. The molecule has 6 heteroatoms. The third kappa shape index (κ3) is 3.56. The SMILES string of the molecule is CC[C@H](C(=O)NCc1ccc(C)cc1)n1nc(C)c2sc3ccccc3c2c1=O. The zero-order chi connectivity index (χ0) is 20.5. The highest BCUT2D eigenvalue weighted by molar-refractivity contribution is 7.26. The minimum atomic E-state index is -0.644. The Bertz CT molecular complexity index is 1260. The van der Waals surface area contributed by atoms with E-state index in [9.17, 15) is 9.59 Å². The van der Waals surface area contributed by atoms with E-state index in [1.807, 2.05) is 69.3 Å². The largest absolute Gasteiger partial charge is 0.350 e. The summed E-state index contributed by atoms with van der Waals surface area (Å²) in [5.41, 5.74) is 2.76. The van der Waals surface area contributed by atoms with Crippen molar-refractivity contribution in [3.8, 4) is 0 Å². The Morgan fingerprint density at radius 2 is 1.86 bits per heavy atom. The second kappa shape index (κ2) is 7.79. The molecule has 4 aromatic rings. The van der Waals surface area contributed by atoms with Crippen molar-refractivity contribution in [2.75, 3.05) is 0 Å². The summed E-state index contributed by atoms with van der Waals surface area (Å²) in [6.07, 6.45) is 0.486. The van der Waals surface area contributed by atoms with Crippen LogP contribution in [0.25, 0.3) is 20.2 Å². The molecule has 1 amide bonds. The lowest BCUT2D eigenvalue weighted by molar-refractivity contribution is -0.125. The van der Waals surface area contributed by atoms with Crippen LogP contribution in [-0.4, -0.2) is 15.7 Å². The maximum atomic E-state index is 13.3. The number of benzene rings is 2. The molecule has 0 spiro atoms. The van der Waals surface area contributed by atoms with Crippen molar-refractivity contribution in [3.05, 3.63) is 75.7 Å². The molecule has 2 aromatic heterocycles. The molecule has 2 aromatic carbocycles. The summed E-state index contributed by atoms with van der Waals surface area (Å²) >= 11 is 1.57. The lowest BCUT2D eigenvalue weighted by Gasteiger charge is -2.17. The quantitative estimate of drug-likeness (QED) is 0.532. The van der Waals surface area contributed by atoms with E-state index >= 15 is 0 Å². The number of aromatic nitrogens is 2. The molecule has 0 saturated carbocycles. The molecule has 2 heterocycles. The number of nitrogens with one attached hydrogen (secondary N) is 1. The van der Waals surface area contributed by atoms with E-state index in [-0.39, 0.29) is 11.5 Å². The van der Waals surface area contributed by atoms with Crippen molar-refractivity contribution >= 4 is 37.4 Å². The molecule has 148 valence electrons. The summed E-state index contributed by atoms with van der Waals surface area (Å²) in [6, 6.07) is 15.2. The Hall–Kier alpha value is -2.99. The average Bonchev–Trinajstić information content (AvgIpc) is 3.12. The topological polar surface area (TPSA) is 64.0 Å². The lowest BCUT2D eigenvalue weighted by atomic mass is 10.1. The first-order valence-corrected chi connectivity index (χ1v) is 10.5. The highest BCUT2D eigenvalue weighted by atomic mass is 32.1. The molecular formula is C23H23N3O2S. The van der Waals surface area contributed by atoms with Crippen LogP contribution in [0.4, 0.5) is 0 Å². The van der Waals surface area contributed by atoms with E-state index < -0.39 is 6.04 Å². The number of thiophene rings is 1. The summed E-state index contributed by atoms with van der Waals surface area (Å²) in [6.45, 7) is 6.24. The average molecular weight is 406 g/mol. The number of hydrogen-bond donors (Lipinski definition) is 1. The van der Waals surface area contributed by atoms with Crippen molar-refractivity contribution in [2.24, 2.45) is 0 Å². The second-order valence-corrected chi connectivity index (χ2v) is 8.32. The van der Waals surface area contributed by atoms with Gasteiger partial charge in [0.15, 0.2) is 0 Å². The van der Waals surface area contributed by atoms with Gasteiger partial charge >= 0.3 is 0 Å². The maximum absolute atomic E-state index is 13.3. The van der Waals surface area contributed by atoms with E-state index in [4.69, 9.17) is 0 Å². The third-order valence-electron chi connectivity index (χ3n) is 5.18. The molecule has 29 heavy (non-hydrogen) atoms. The molecule has 4 rings (SSSR count). The van der Waals surface area contributed by atoms with E-state index in [0.717, 1.165) is 26.0 Å². The van der Waals surface area contributed by atoms with Crippen molar-refractivity contribution in [2.45, 2.75) is 39.8 Å². The molecule has 1 N–H and O–H groups in total. The van der Waals surface area contributed by atoms with Crippen LogP contribution < -0.4 is 10.9 Å². The smallest absolute Gasteiger partial charge is 0.276 e. The van der Waals surface area contributed by atoms with Crippen molar-refractivity contribution in [3.63, 3.8) is 0 Å². The number of carbonyl (C=O) groups is 1. The summed E-state index contributed by atoms with van der Waals surface area (Å²) in [5, 5.41) is 9.04. The van der Waals surface area contributed by atoms with Gasteiger partial charge in [0.05, 0.1) is 15.8 Å². The first-order valence-electron chi connectivity index (χ1n) is 9.73. The lowest BCUT2D eigenvalue weighted by Crippen LogP contribution is -2.38. The zero-order valence-corrected chi connectivity index (χ0v) is 17.5. The van der Waals surface area contributed by atoms with Gasteiger partial charge in [0.25, 0.3) is 5.56 Å². The summed E-state index contributed by atoms with van der Waals surface area (Å²) in [4.78, 5) is 26.2. The third-order valence-corrected chi connectivity index (χ3v) is 6.46. The van der Waals surface area contributed by atoms with Gasteiger partial charge in [0, 0.05) is 16.6 Å². The number of fused-ring (bicyclic) bond motifs is 3. The van der Waals surface area contributed by atoms with Gasteiger partial charge in [0.2, 0.25) is 5.91 Å². The van der Waals surface area contributed by atoms with Gasteiger partial charge in [-0.1, -0.05) is 55.0 Å². The van der Waals surface area contributed by atoms with Crippen LogP contribution in [-0.2, 0) is 11.3 Å². The van der Waals surface area contributed by atoms with E-state index in [2.05, 4.69) is 10.4 Å². The zero-order valence-electron chi connectivity index (χ0n) is 16.7. The van der Waals surface area contributed by atoms with E-state index in [0.29, 0.717) is 18.4 Å². The predicted molar refractivity (Wildman–Crippen MR) is 118 cm³/mol. The molecule has 5 nitrogen and oxygen atoms in total. The van der Waals surface area contributed by atoms with Gasteiger partial charge < -0.3 is 5.32 Å². The van der Waals surface area contributed by atoms with Gasteiger partial charge in [-0.05, 0) is 31.9 Å². The monoisotopic (exact) mass is 405 g/mol. The van der Waals surface area contributed by atoms with Crippen molar-refractivity contribution in [1.29, 1.82) is 0 Å². The van der Waals surface area contributed by atoms with Gasteiger partial charge in [-0.2, -0.15) is 5.10 Å². The van der Waals surface area contributed by atoms with Crippen LogP contribution >= 0.6 is 11.3 Å². The first-order chi connectivity index (χ1) is 14.0. The fourth-order valence-electron chi connectivity index (χ4n) is 3.57. The van der Waals surface area contributed by atoms with E-state index in [1.165, 1.54) is 10.2 Å². The molecule has 0 fully saturated rings. The number of aryl methyl sites for hydroxylation is 2. The maximum Gasteiger partial charge on any atom is 0.276 e. The van der Waals surface area contributed by atoms with Crippen molar-refractivity contribution < 1.29 is 4.79 Å². The van der Waals surface area contributed by atoms with Crippen LogP contribution in [0.3, 0.4) is 0 Å². The number of hydrogen-bond acceptors (Lipinski definition) is 4. The van der Waals surface area contributed by atoms with Gasteiger partial charge in [-0.25, -0.2) is 4.68 Å². The molecule has 0 unspecified atom stereocenters. The Morgan fingerprint density at radius 3 is 2.59 bits per heavy atom. The van der Waals surface area contributed by atoms with Gasteiger partial charge in [-0.3, -0.25) is 9.59 Å². The first kappa shape index (κ1) is 19.3. The van der Waals surface area contributed by atoms with Crippen molar-refractivity contribution in [1.82, 2.24) is 15.1 Å². The summed E-state index contributed by atoms with van der Waals surface area (Å²) < 4.78 is 3.31. The summed E-state index contributed by atoms with van der Waals surface area (Å²) in [5.74, 6) is -0.194. The molecule has 0 aliphatic carbocycles. The van der Waals surface area contributed by atoms with Crippen LogP contribution in [0, 0.1) is 13.8 Å². The number of amides is 1. The highest BCUT2D eigenvalue weighted by Crippen LogP contribution is 2.33. The molecule has 0 radical (unpaired) electrons. The molecular weight excluding hydrogens is 382 g/mol. The second-order valence-electron chi connectivity index (χ2n) is 7.26. The molecule has 0 saturated heterocycles. The molecule has 0 aliphatic rings. The normalized spacial score (nSPS) is 12.4. The fraction of sp³-hybridized carbons (Fsp3) is 0.261. The Balaban J connectivity index is 1.70. The Morgan fingerprint density at radius 1 is 1.14 bits per heavy atom.